The van der Waals surface area contributed by atoms with E-state index in [2.05, 4.69) is 12.0 Å². The second kappa shape index (κ2) is 6.94. The van der Waals surface area contributed by atoms with E-state index in [-0.39, 0.29) is 5.78 Å². The summed E-state index contributed by atoms with van der Waals surface area (Å²) in [5, 5.41) is 8.37. The highest BCUT2D eigenvalue weighted by Gasteiger charge is 2.20. The topological polar surface area (TPSA) is 32.7 Å². The fourth-order valence-electron chi connectivity index (χ4n) is 2.21. The number of benzene rings is 1. The van der Waals surface area contributed by atoms with Gasteiger partial charge in [-0.2, -0.15) is 5.10 Å². The maximum absolute atomic E-state index is 12.5. The molecule has 0 fully saturated rings. The van der Waals surface area contributed by atoms with Gasteiger partial charge in [0.1, 0.15) is 5.03 Å². The monoisotopic (exact) mass is 302 g/mol. The first-order valence-corrected chi connectivity index (χ1v) is 8.16. The van der Waals surface area contributed by atoms with Crippen molar-refractivity contribution in [1.29, 1.82) is 0 Å². The molecule has 0 radical (unpaired) electrons. The fraction of sp³-hybridized carbons (Fsp3) is 0.412. The van der Waals surface area contributed by atoms with Crippen molar-refractivity contribution in [3.05, 3.63) is 46.0 Å². The Morgan fingerprint density at radius 1 is 1.33 bits per heavy atom. The Morgan fingerprint density at radius 2 is 2.10 bits per heavy atom. The molecule has 1 aromatic rings. The molecule has 0 N–H and O–H groups in total. The number of thioether (sulfide) groups is 1. The first-order chi connectivity index (χ1) is 10.0. The highest BCUT2D eigenvalue weighted by molar-refractivity contribution is 8.17. The Bertz CT molecular complexity index is 605. The van der Waals surface area contributed by atoms with Crippen molar-refractivity contribution in [2.45, 2.75) is 40.5 Å². The lowest BCUT2D eigenvalue weighted by molar-refractivity contribution is 0.104. The number of hydrogen-bond donors (Lipinski definition) is 0. The second-order valence-electron chi connectivity index (χ2n) is 5.36. The minimum absolute atomic E-state index is 0.0603. The quantitative estimate of drug-likeness (QED) is 0.592. The van der Waals surface area contributed by atoms with Gasteiger partial charge in [-0.05, 0) is 38.8 Å². The number of aryl methyl sites for hydroxylation is 2. The van der Waals surface area contributed by atoms with E-state index in [1.54, 1.807) is 17.8 Å². The third-order valence-corrected chi connectivity index (χ3v) is 4.32. The molecule has 112 valence electrons. The molecule has 0 saturated heterocycles. The number of unbranched alkanes of at least 4 members (excludes halogenated alkanes) is 1. The van der Waals surface area contributed by atoms with Crippen molar-refractivity contribution in [1.82, 2.24) is 5.01 Å². The van der Waals surface area contributed by atoms with Crippen LogP contribution in [-0.2, 0) is 0 Å². The van der Waals surface area contributed by atoms with Gasteiger partial charge in [0.25, 0.3) is 0 Å². The van der Waals surface area contributed by atoms with Gasteiger partial charge in [-0.15, -0.1) is 0 Å². The molecule has 0 spiro atoms. The number of rotatable bonds is 5. The molecule has 1 aromatic carbocycles. The van der Waals surface area contributed by atoms with Crippen LogP contribution in [0.15, 0.2) is 34.4 Å². The molecule has 0 amide bonds. The molecule has 4 heteroatoms. The zero-order chi connectivity index (χ0) is 15.4. The largest absolute Gasteiger partial charge is 0.289 e. The van der Waals surface area contributed by atoms with Crippen LogP contribution in [0.4, 0.5) is 0 Å². The summed E-state index contributed by atoms with van der Waals surface area (Å²) in [6, 6.07) is 5.99. The molecule has 21 heavy (non-hydrogen) atoms. The molecule has 1 aliphatic heterocycles. The van der Waals surface area contributed by atoms with Gasteiger partial charge < -0.3 is 0 Å². The van der Waals surface area contributed by atoms with Crippen LogP contribution in [0.5, 0.6) is 0 Å². The van der Waals surface area contributed by atoms with Crippen molar-refractivity contribution in [3.63, 3.8) is 0 Å². The van der Waals surface area contributed by atoms with Crippen LogP contribution in [-0.4, -0.2) is 22.4 Å². The highest BCUT2D eigenvalue weighted by Crippen LogP contribution is 2.30. The number of carbonyl (C=O) groups excluding carboxylic acids is 1. The number of ketones is 1. The van der Waals surface area contributed by atoms with E-state index in [4.69, 9.17) is 0 Å². The Hall–Kier alpha value is -1.55. The summed E-state index contributed by atoms with van der Waals surface area (Å²) < 4.78 is 0. The van der Waals surface area contributed by atoms with Crippen LogP contribution in [0, 0.1) is 13.8 Å². The van der Waals surface area contributed by atoms with E-state index in [0.29, 0.717) is 0 Å². The van der Waals surface area contributed by atoms with Gasteiger partial charge in [-0.1, -0.05) is 42.8 Å². The highest BCUT2D eigenvalue weighted by atomic mass is 32.2. The molecule has 1 heterocycles. The van der Waals surface area contributed by atoms with Gasteiger partial charge in [-0.3, -0.25) is 9.80 Å². The predicted molar refractivity (Wildman–Crippen MR) is 90.6 cm³/mol. The van der Waals surface area contributed by atoms with Gasteiger partial charge in [0.2, 0.25) is 0 Å². The number of allylic oxidation sites excluding steroid dienone is 1. The third-order valence-electron chi connectivity index (χ3n) is 3.40. The molecule has 0 aromatic heterocycles. The average Bonchev–Trinajstić information content (AvgIpc) is 2.79. The molecule has 0 bridgehead atoms. The molecule has 0 aliphatic carbocycles. The number of hydrogen-bond acceptors (Lipinski definition) is 4. The van der Waals surface area contributed by atoms with Crippen molar-refractivity contribution >= 4 is 22.6 Å². The number of hydrazone groups is 1. The number of nitrogens with zero attached hydrogens (tertiary/aromatic N) is 2. The predicted octanol–water partition coefficient (Wildman–Crippen LogP) is 4.51. The first kappa shape index (κ1) is 15.8. The summed E-state index contributed by atoms with van der Waals surface area (Å²) in [6.07, 6.45) is 3.92. The van der Waals surface area contributed by atoms with Gasteiger partial charge in [-0.25, -0.2) is 0 Å². The SMILES string of the molecule is CCCCN1N=C(C)S/C1=C\C(=O)c1cc(C)ccc1C. The lowest BCUT2D eigenvalue weighted by Gasteiger charge is -2.14. The van der Waals surface area contributed by atoms with E-state index in [1.165, 1.54) is 0 Å². The second-order valence-corrected chi connectivity index (χ2v) is 6.58. The molecule has 0 atom stereocenters. The maximum Gasteiger partial charge on any atom is 0.188 e. The lowest BCUT2D eigenvalue weighted by Crippen LogP contribution is -2.14. The Morgan fingerprint density at radius 3 is 2.81 bits per heavy atom. The van der Waals surface area contributed by atoms with Crippen LogP contribution in [0.1, 0.15) is 48.2 Å². The zero-order valence-corrected chi connectivity index (χ0v) is 14.0. The van der Waals surface area contributed by atoms with Crippen molar-refractivity contribution in [2.75, 3.05) is 6.54 Å². The summed E-state index contributed by atoms with van der Waals surface area (Å²) in [7, 11) is 0. The summed E-state index contributed by atoms with van der Waals surface area (Å²) in [6.45, 7) is 8.99. The average molecular weight is 302 g/mol. The van der Waals surface area contributed by atoms with Crippen molar-refractivity contribution < 1.29 is 4.79 Å². The number of carbonyl (C=O) groups is 1. The van der Waals surface area contributed by atoms with Crippen LogP contribution in [0.2, 0.25) is 0 Å². The molecule has 0 unspecified atom stereocenters. The summed E-state index contributed by atoms with van der Waals surface area (Å²) in [5.41, 5.74) is 2.91. The Balaban J connectivity index is 2.21. The minimum Gasteiger partial charge on any atom is -0.289 e. The molecular formula is C17H22N2OS. The summed E-state index contributed by atoms with van der Waals surface area (Å²) in [5.74, 6) is 0.0603. The molecule has 2 rings (SSSR count). The normalized spacial score (nSPS) is 16.5. The first-order valence-electron chi connectivity index (χ1n) is 7.35. The fourth-order valence-corrected chi connectivity index (χ4v) is 3.05. The van der Waals surface area contributed by atoms with E-state index < -0.39 is 0 Å². The van der Waals surface area contributed by atoms with Gasteiger partial charge >= 0.3 is 0 Å². The van der Waals surface area contributed by atoms with Gasteiger partial charge in [0.15, 0.2) is 5.78 Å². The summed E-state index contributed by atoms with van der Waals surface area (Å²) in [4.78, 5) is 12.5. The molecule has 3 nitrogen and oxygen atoms in total. The van der Waals surface area contributed by atoms with Crippen LogP contribution >= 0.6 is 11.8 Å². The smallest absolute Gasteiger partial charge is 0.188 e. The van der Waals surface area contributed by atoms with E-state index >= 15 is 0 Å². The van der Waals surface area contributed by atoms with Crippen molar-refractivity contribution in [2.24, 2.45) is 5.10 Å². The molecule has 1 aliphatic rings. The third kappa shape index (κ3) is 3.97. The van der Waals surface area contributed by atoms with Crippen LogP contribution in [0.25, 0.3) is 0 Å². The summed E-state index contributed by atoms with van der Waals surface area (Å²) >= 11 is 1.57. The minimum atomic E-state index is 0.0603. The Labute approximate surface area is 131 Å². The van der Waals surface area contributed by atoms with Gasteiger partial charge in [0.05, 0.1) is 5.04 Å². The Kier molecular flexibility index (Phi) is 5.23. The lowest BCUT2D eigenvalue weighted by atomic mass is 10.0. The standard InChI is InChI=1S/C17H22N2OS/c1-5-6-9-19-17(21-14(4)18-19)11-16(20)15-10-12(2)7-8-13(15)3/h7-8,10-11H,5-6,9H2,1-4H3/b17-11-. The van der Waals surface area contributed by atoms with Crippen molar-refractivity contribution in [3.8, 4) is 0 Å². The zero-order valence-electron chi connectivity index (χ0n) is 13.1. The van der Waals surface area contributed by atoms with E-state index in [9.17, 15) is 4.79 Å². The van der Waals surface area contributed by atoms with Crippen LogP contribution < -0.4 is 0 Å². The molecular weight excluding hydrogens is 280 g/mol. The van der Waals surface area contributed by atoms with E-state index in [0.717, 1.165) is 46.1 Å². The van der Waals surface area contributed by atoms with E-state index in [1.807, 2.05) is 44.0 Å². The maximum atomic E-state index is 12.5. The molecule has 0 saturated carbocycles. The van der Waals surface area contributed by atoms with Crippen LogP contribution in [0.3, 0.4) is 0 Å². The van der Waals surface area contributed by atoms with Gasteiger partial charge in [0, 0.05) is 18.2 Å².